The number of hydrogen-bond donors (Lipinski definition) is 1. The van der Waals surface area contributed by atoms with Crippen molar-refractivity contribution in [1.29, 1.82) is 0 Å². The molecule has 0 aliphatic carbocycles. The fourth-order valence-electron chi connectivity index (χ4n) is 0.963. The monoisotopic (exact) mass is 130 g/mol. The van der Waals surface area contributed by atoms with Crippen LogP contribution in [0.25, 0.3) is 0 Å². The van der Waals surface area contributed by atoms with Gasteiger partial charge >= 0.3 is 0 Å². The number of aliphatic hydroxyl groups excluding tert-OH is 1. The van der Waals surface area contributed by atoms with Crippen molar-refractivity contribution in [2.24, 2.45) is 0 Å². The van der Waals surface area contributed by atoms with Gasteiger partial charge < -0.3 is 9.84 Å². The predicted molar refractivity (Wildman–Crippen MR) is 30.8 cm³/mol. The second-order valence-electron chi connectivity index (χ2n) is 2.35. The van der Waals surface area contributed by atoms with Gasteiger partial charge in [-0.25, -0.2) is 0 Å². The Labute approximate surface area is 53.6 Å². The molecular formula is C6H10O3. The van der Waals surface area contributed by atoms with E-state index < -0.39 is 6.29 Å². The summed E-state index contributed by atoms with van der Waals surface area (Å²) in [6.45, 7) is 1.78. The maximum atomic E-state index is 10.6. The first-order chi connectivity index (χ1) is 4.18. The van der Waals surface area contributed by atoms with Crippen molar-refractivity contribution >= 4 is 5.78 Å². The van der Waals surface area contributed by atoms with Gasteiger partial charge in [0, 0.05) is 6.42 Å². The van der Waals surface area contributed by atoms with Crippen LogP contribution in [-0.2, 0) is 9.53 Å². The van der Waals surface area contributed by atoms with Crippen molar-refractivity contribution in [2.45, 2.75) is 32.2 Å². The van der Waals surface area contributed by atoms with E-state index in [1.807, 2.05) is 0 Å². The Hall–Kier alpha value is -0.410. The molecule has 1 aliphatic rings. The number of carbonyl (C=O) groups excluding carboxylic acids is 1. The molecule has 0 saturated carbocycles. The lowest BCUT2D eigenvalue weighted by atomic mass is 10.1. The Bertz CT molecular complexity index is 109. The van der Waals surface area contributed by atoms with Crippen LogP contribution >= 0.6 is 0 Å². The van der Waals surface area contributed by atoms with Crippen LogP contribution < -0.4 is 0 Å². The standard InChI is InChI=1S/C6H10O3/c1-4-2-5(7)3-6(8)9-4/h4,6,8H,2-3H2,1H3/t4-,6-/m1/s1. The van der Waals surface area contributed by atoms with E-state index in [1.54, 1.807) is 6.92 Å². The highest BCUT2D eigenvalue weighted by Crippen LogP contribution is 2.12. The quantitative estimate of drug-likeness (QED) is 0.505. The summed E-state index contributed by atoms with van der Waals surface area (Å²) in [4.78, 5) is 10.6. The fraction of sp³-hybridized carbons (Fsp3) is 0.833. The van der Waals surface area contributed by atoms with Crippen LogP contribution in [0.5, 0.6) is 0 Å². The molecule has 9 heavy (non-hydrogen) atoms. The van der Waals surface area contributed by atoms with Crippen LogP contribution in [0.3, 0.4) is 0 Å². The first kappa shape index (κ1) is 6.71. The topological polar surface area (TPSA) is 46.5 Å². The zero-order valence-corrected chi connectivity index (χ0v) is 5.33. The third kappa shape index (κ3) is 1.77. The van der Waals surface area contributed by atoms with Crippen molar-refractivity contribution in [3.05, 3.63) is 0 Å². The van der Waals surface area contributed by atoms with Gasteiger partial charge in [0.15, 0.2) is 6.29 Å². The molecule has 1 aliphatic heterocycles. The van der Waals surface area contributed by atoms with Gasteiger partial charge in [-0.1, -0.05) is 0 Å². The highest BCUT2D eigenvalue weighted by atomic mass is 16.6. The molecule has 52 valence electrons. The summed E-state index contributed by atoms with van der Waals surface area (Å²) < 4.78 is 4.89. The average Bonchev–Trinajstić information content (AvgIpc) is 1.59. The van der Waals surface area contributed by atoms with Gasteiger partial charge in [-0.05, 0) is 6.92 Å². The molecule has 0 spiro atoms. The molecule has 0 aromatic heterocycles. The summed E-state index contributed by atoms with van der Waals surface area (Å²) in [5.41, 5.74) is 0. The van der Waals surface area contributed by atoms with Gasteiger partial charge in [-0.15, -0.1) is 0 Å². The number of ether oxygens (including phenoxy) is 1. The molecule has 2 atom stereocenters. The number of hydrogen-bond acceptors (Lipinski definition) is 3. The molecule has 1 heterocycles. The minimum absolute atomic E-state index is 0.0845. The Morgan fingerprint density at radius 3 is 2.78 bits per heavy atom. The second-order valence-corrected chi connectivity index (χ2v) is 2.35. The molecule has 0 unspecified atom stereocenters. The Morgan fingerprint density at radius 2 is 2.33 bits per heavy atom. The van der Waals surface area contributed by atoms with E-state index in [4.69, 9.17) is 9.84 Å². The highest BCUT2D eigenvalue weighted by Gasteiger charge is 2.22. The summed E-state index contributed by atoms with van der Waals surface area (Å²) in [6.07, 6.45) is -0.371. The second kappa shape index (κ2) is 2.45. The lowest BCUT2D eigenvalue weighted by Gasteiger charge is -2.22. The summed E-state index contributed by atoms with van der Waals surface area (Å²) >= 11 is 0. The van der Waals surface area contributed by atoms with Crippen LogP contribution in [0.2, 0.25) is 0 Å². The smallest absolute Gasteiger partial charge is 0.161 e. The maximum absolute atomic E-state index is 10.6. The van der Waals surface area contributed by atoms with Crippen LogP contribution in [0.15, 0.2) is 0 Å². The minimum Gasteiger partial charge on any atom is -0.368 e. The van der Waals surface area contributed by atoms with Crippen molar-refractivity contribution in [3.63, 3.8) is 0 Å². The van der Waals surface area contributed by atoms with E-state index in [9.17, 15) is 4.79 Å². The van der Waals surface area contributed by atoms with Crippen LogP contribution in [-0.4, -0.2) is 23.3 Å². The van der Waals surface area contributed by atoms with Crippen molar-refractivity contribution < 1.29 is 14.6 Å². The van der Waals surface area contributed by atoms with Gasteiger partial charge in [0.1, 0.15) is 5.78 Å². The largest absolute Gasteiger partial charge is 0.368 e. The zero-order valence-electron chi connectivity index (χ0n) is 5.33. The Balaban J connectivity index is 2.43. The number of Topliss-reactive ketones (excluding diaryl/α,β-unsaturated/α-hetero) is 1. The maximum Gasteiger partial charge on any atom is 0.161 e. The molecule has 0 aromatic carbocycles. The zero-order chi connectivity index (χ0) is 6.85. The molecule has 1 rings (SSSR count). The molecule has 1 N–H and O–H groups in total. The van der Waals surface area contributed by atoms with Crippen LogP contribution in [0.1, 0.15) is 19.8 Å². The molecule has 0 amide bonds. The lowest BCUT2D eigenvalue weighted by molar-refractivity contribution is -0.168. The third-order valence-corrected chi connectivity index (χ3v) is 1.31. The fourth-order valence-corrected chi connectivity index (χ4v) is 0.963. The van der Waals surface area contributed by atoms with E-state index in [2.05, 4.69) is 0 Å². The normalized spacial score (nSPS) is 36.9. The number of ketones is 1. The first-order valence-electron chi connectivity index (χ1n) is 3.03. The number of aliphatic hydroxyl groups is 1. The van der Waals surface area contributed by atoms with Gasteiger partial charge in [0.25, 0.3) is 0 Å². The molecule has 1 saturated heterocycles. The van der Waals surface area contributed by atoms with Gasteiger partial charge in [0.2, 0.25) is 0 Å². The van der Waals surface area contributed by atoms with E-state index in [0.717, 1.165) is 0 Å². The molecule has 3 nitrogen and oxygen atoms in total. The highest BCUT2D eigenvalue weighted by molar-refractivity contribution is 5.79. The SMILES string of the molecule is C[C@@H]1CC(=O)C[C@H](O)O1. The number of carbonyl (C=O) groups is 1. The molecule has 0 radical (unpaired) electrons. The van der Waals surface area contributed by atoms with Gasteiger partial charge in [0.05, 0.1) is 12.5 Å². The lowest BCUT2D eigenvalue weighted by Crippen LogP contribution is -2.30. The minimum atomic E-state index is -0.860. The van der Waals surface area contributed by atoms with Crippen LogP contribution in [0.4, 0.5) is 0 Å². The Morgan fingerprint density at radius 1 is 1.67 bits per heavy atom. The first-order valence-corrected chi connectivity index (χ1v) is 3.03. The van der Waals surface area contributed by atoms with E-state index in [1.165, 1.54) is 0 Å². The van der Waals surface area contributed by atoms with E-state index >= 15 is 0 Å². The summed E-state index contributed by atoms with van der Waals surface area (Å²) in [5.74, 6) is 0.0845. The summed E-state index contributed by atoms with van der Waals surface area (Å²) in [5, 5.41) is 8.81. The van der Waals surface area contributed by atoms with Crippen LogP contribution in [0, 0.1) is 0 Å². The third-order valence-electron chi connectivity index (χ3n) is 1.31. The average molecular weight is 130 g/mol. The van der Waals surface area contributed by atoms with Crippen molar-refractivity contribution in [1.82, 2.24) is 0 Å². The molecule has 0 aromatic rings. The Kier molecular flexibility index (Phi) is 1.83. The van der Waals surface area contributed by atoms with E-state index in [-0.39, 0.29) is 18.3 Å². The predicted octanol–water partition coefficient (Wildman–Crippen LogP) is 0.0728. The van der Waals surface area contributed by atoms with E-state index in [0.29, 0.717) is 6.42 Å². The molecule has 3 heteroatoms. The molecule has 1 fully saturated rings. The van der Waals surface area contributed by atoms with Gasteiger partial charge in [-0.3, -0.25) is 4.79 Å². The summed E-state index contributed by atoms with van der Waals surface area (Å²) in [6, 6.07) is 0. The van der Waals surface area contributed by atoms with Crippen molar-refractivity contribution in [2.75, 3.05) is 0 Å². The molecule has 0 bridgehead atoms. The van der Waals surface area contributed by atoms with Crippen molar-refractivity contribution in [3.8, 4) is 0 Å². The number of rotatable bonds is 0. The van der Waals surface area contributed by atoms with Gasteiger partial charge in [-0.2, -0.15) is 0 Å². The molecular weight excluding hydrogens is 120 g/mol. The summed E-state index contributed by atoms with van der Waals surface area (Å²) in [7, 11) is 0.